The number of aliphatic hydroxyl groups is 1. The normalized spacial score (nSPS) is 15.4. The summed E-state index contributed by atoms with van der Waals surface area (Å²) < 4.78 is 39.0. The molecule has 2 aromatic rings. The summed E-state index contributed by atoms with van der Waals surface area (Å²) in [5.74, 6) is -0.0512. The SMILES string of the molecule is CCC/C=C(/Nc1cnc(Cl)cn1)c1cnc(C(=O)N2CCC(O)CC2)cc1NCC(F)(F)F. The number of amides is 1. The van der Waals surface area contributed by atoms with Crippen molar-refractivity contribution >= 4 is 34.7 Å². The van der Waals surface area contributed by atoms with E-state index >= 15 is 0 Å². The Balaban J connectivity index is 1.95. The highest BCUT2D eigenvalue weighted by Crippen LogP contribution is 2.28. The molecule has 1 aliphatic rings. The van der Waals surface area contributed by atoms with Gasteiger partial charge in [-0.15, -0.1) is 0 Å². The number of carbonyl (C=O) groups excluding carboxylic acids is 1. The fourth-order valence-corrected chi connectivity index (χ4v) is 3.49. The van der Waals surface area contributed by atoms with Crippen molar-refractivity contribution in [3.8, 4) is 0 Å². The number of pyridine rings is 1. The lowest BCUT2D eigenvalue weighted by Gasteiger charge is -2.29. The lowest BCUT2D eigenvalue weighted by molar-refractivity contribution is -0.115. The van der Waals surface area contributed by atoms with Crippen LogP contribution in [0.1, 0.15) is 48.7 Å². The number of aliphatic hydroxyl groups excluding tert-OH is 1. The Morgan fingerprint density at radius 2 is 1.97 bits per heavy atom. The van der Waals surface area contributed by atoms with E-state index in [1.165, 1.54) is 29.6 Å². The lowest BCUT2D eigenvalue weighted by atomic mass is 10.1. The van der Waals surface area contributed by atoms with Crippen LogP contribution in [0.4, 0.5) is 24.7 Å². The quantitative estimate of drug-likeness (QED) is 0.497. The fourth-order valence-electron chi connectivity index (χ4n) is 3.39. The Morgan fingerprint density at radius 1 is 1.24 bits per heavy atom. The number of alkyl halides is 3. The first-order valence-electron chi connectivity index (χ1n) is 10.9. The van der Waals surface area contributed by atoms with Crippen LogP contribution in [0, 0.1) is 0 Å². The molecule has 34 heavy (non-hydrogen) atoms. The smallest absolute Gasteiger partial charge is 0.393 e. The van der Waals surface area contributed by atoms with E-state index in [0.717, 1.165) is 6.42 Å². The number of nitrogens with one attached hydrogen (secondary N) is 2. The highest BCUT2D eigenvalue weighted by molar-refractivity contribution is 6.29. The molecule has 184 valence electrons. The van der Waals surface area contributed by atoms with Crippen LogP contribution in [-0.2, 0) is 0 Å². The third kappa shape index (κ3) is 7.29. The molecule has 1 fully saturated rings. The number of anilines is 2. The van der Waals surface area contributed by atoms with Crippen molar-refractivity contribution < 1.29 is 23.1 Å². The molecule has 0 atom stereocenters. The molecule has 0 saturated carbocycles. The molecule has 3 heterocycles. The lowest BCUT2D eigenvalue weighted by Crippen LogP contribution is -2.40. The predicted octanol–water partition coefficient (Wildman–Crippen LogP) is 4.35. The Bertz CT molecular complexity index is 1010. The summed E-state index contributed by atoms with van der Waals surface area (Å²) in [5, 5.41) is 15.3. The van der Waals surface area contributed by atoms with Crippen LogP contribution in [0.5, 0.6) is 0 Å². The van der Waals surface area contributed by atoms with Crippen molar-refractivity contribution in [2.75, 3.05) is 30.3 Å². The zero-order valence-corrected chi connectivity index (χ0v) is 19.3. The average molecular weight is 499 g/mol. The van der Waals surface area contributed by atoms with Crippen LogP contribution in [0.15, 0.2) is 30.7 Å². The number of rotatable bonds is 8. The van der Waals surface area contributed by atoms with Gasteiger partial charge in [-0.1, -0.05) is 31.0 Å². The van der Waals surface area contributed by atoms with Gasteiger partial charge >= 0.3 is 6.18 Å². The van der Waals surface area contributed by atoms with Gasteiger partial charge in [-0.05, 0) is 25.3 Å². The number of allylic oxidation sites excluding steroid dienone is 1. The molecule has 0 bridgehead atoms. The third-order valence-corrected chi connectivity index (χ3v) is 5.36. The number of hydrogen-bond donors (Lipinski definition) is 3. The van der Waals surface area contributed by atoms with Crippen molar-refractivity contribution in [2.45, 2.75) is 44.9 Å². The first-order chi connectivity index (χ1) is 16.2. The van der Waals surface area contributed by atoms with Crippen LogP contribution >= 0.6 is 11.6 Å². The number of hydrogen-bond acceptors (Lipinski definition) is 7. The van der Waals surface area contributed by atoms with Gasteiger partial charge < -0.3 is 20.6 Å². The summed E-state index contributed by atoms with van der Waals surface area (Å²) in [5.41, 5.74) is 0.936. The van der Waals surface area contributed by atoms with Gasteiger partial charge in [-0.3, -0.25) is 9.78 Å². The van der Waals surface area contributed by atoms with E-state index in [1.54, 1.807) is 0 Å². The van der Waals surface area contributed by atoms with Crippen molar-refractivity contribution in [1.29, 1.82) is 0 Å². The maximum Gasteiger partial charge on any atom is 0.405 e. The van der Waals surface area contributed by atoms with Gasteiger partial charge in [0.25, 0.3) is 5.91 Å². The number of unbranched alkanes of at least 4 members (excludes halogenated alkanes) is 1. The summed E-state index contributed by atoms with van der Waals surface area (Å²) in [7, 11) is 0. The highest BCUT2D eigenvalue weighted by Gasteiger charge is 2.28. The molecule has 12 heteroatoms. The van der Waals surface area contributed by atoms with Crippen molar-refractivity contribution in [3.63, 3.8) is 0 Å². The van der Waals surface area contributed by atoms with Gasteiger partial charge in [0, 0.05) is 36.2 Å². The number of halogens is 4. The van der Waals surface area contributed by atoms with E-state index in [0.29, 0.717) is 49.4 Å². The second-order valence-corrected chi connectivity index (χ2v) is 8.25. The van der Waals surface area contributed by atoms with Gasteiger partial charge in [0.2, 0.25) is 0 Å². The highest BCUT2D eigenvalue weighted by atomic mass is 35.5. The van der Waals surface area contributed by atoms with Gasteiger partial charge in [0.15, 0.2) is 0 Å². The molecule has 8 nitrogen and oxygen atoms in total. The predicted molar refractivity (Wildman–Crippen MR) is 123 cm³/mol. The first kappa shape index (κ1) is 25.7. The van der Waals surface area contributed by atoms with Gasteiger partial charge in [-0.25, -0.2) is 9.97 Å². The molecule has 1 saturated heterocycles. The Hall–Kier alpha value is -2.92. The third-order valence-electron chi connectivity index (χ3n) is 5.16. The number of nitrogens with zero attached hydrogens (tertiary/aromatic N) is 4. The maximum atomic E-state index is 13.0. The summed E-state index contributed by atoms with van der Waals surface area (Å²) in [6.45, 7) is 1.39. The van der Waals surface area contributed by atoms with E-state index in [1.807, 2.05) is 13.0 Å². The minimum absolute atomic E-state index is 0.0194. The molecular weight excluding hydrogens is 473 g/mol. The fraction of sp³-hybridized carbons (Fsp3) is 0.455. The molecule has 0 radical (unpaired) electrons. The minimum Gasteiger partial charge on any atom is -0.393 e. The van der Waals surface area contributed by atoms with Crippen LogP contribution in [0.25, 0.3) is 5.70 Å². The number of piperidine rings is 1. The monoisotopic (exact) mass is 498 g/mol. The van der Waals surface area contributed by atoms with E-state index in [2.05, 4.69) is 25.6 Å². The summed E-state index contributed by atoms with van der Waals surface area (Å²) in [6.07, 6.45) is 3.33. The molecular formula is C22H26ClF3N6O2. The molecule has 2 aromatic heterocycles. The Kier molecular flexibility index (Phi) is 8.67. The zero-order valence-electron chi connectivity index (χ0n) is 18.6. The molecule has 3 N–H and O–H groups in total. The summed E-state index contributed by atoms with van der Waals surface area (Å²) in [4.78, 5) is 26.8. The van der Waals surface area contributed by atoms with Crippen LogP contribution in [0.2, 0.25) is 5.15 Å². The van der Waals surface area contributed by atoms with Crippen LogP contribution in [-0.4, -0.2) is 62.8 Å². The standard InChI is InChI=1S/C22H26ClF3N6O2/c1-2-3-4-16(31-20-12-28-19(23)11-29-20)15-10-27-18(9-17(15)30-13-22(24,25)26)21(34)32-7-5-14(33)6-8-32/h4,9-12,14,33H,2-3,5-8,13H2,1H3,(H,27,30)(H,29,31)/b16-4+. The number of aromatic nitrogens is 3. The van der Waals surface area contributed by atoms with E-state index in [9.17, 15) is 23.1 Å². The minimum atomic E-state index is -4.46. The number of carbonyl (C=O) groups is 1. The first-order valence-corrected chi connectivity index (χ1v) is 11.3. The van der Waals surface area contributed by atoms with E-state index in [4.69, 9.17) is 11.6 Å². The summed E-state index contributed by atoms with van der Waals surface area (Å²) >= 11 is 5.78. The maximum absolute atomic E-state index is 13.0. The van der Waals surface area contributed by atoms with Crippen LogP contribution < -0.4 is 10.6 Å². The molecule has 1 amide bonds. The molecule has 1 aliphatic heterocycles. The Morgan fingerprint density at radius 3 is 2.59 bits per heavy atom. The van der Waals surface area contributed by atoms with Crippen molar-refractivity contribution in [1.82, 2.24) is 19.9 Å². The number of likely N-dealkylation sites (tertiary alicyclic amines) is 1. The molecule has 3 rings (SSSR count). The summed E-state index contributed by atoms with van der Waals surface area (Å²) in [6, 6.07) is 1.32. The molecule has 0 unspecified atom stereocenters. The average Bonchev–Trinajstić information content (AvgIpc) is 2.81. The largest absolute Gasteiger partial charge is 0.405 e. The van der Waals surface area contributed by atoms with Gasteiger partial charge in [0.05, 0.1) is 18.5 Å². The second kappa shape index (κ2) is 11.5. The van der Waals surface area contributed by atoms with Crippen LogP contribution in [0.3, 0.4) is 0 Å². The van der Waals surface area contributed by atoms with Crippen molar-refractivity contribution in [2.24, 2.45) is 0 Å². The van der Waals surface area contributed by atoms with Gasteiger partial charge in [0.1, 0.15) is 23.2 Å². The van der Waals surface area contributed by atoms with Crippen molar-refractivity contribution in [3.05, 3.63) is 47.1 Å². The molecule has 0 aliphatic carbocycles. The molecule has 0 aromatic carbocycles. The molecule has 0 spiro atoms. The Labute approximate surface area is 200 Å². The van der Waals surface area contributed by atoms with E-state index < -0.39 is 24.7 Å². The zero-order chi connectivity index (χ0) is 24.7. The van der Waals surface area contributed by atoms with Gasteiger partial charge in [-0.2, -0.15) is 13.2 Å². The topological polar surface area (TPSA) is 103 Å². The van der Waals surface area contributed by atoms with E-state index in [-0.39, 0.29) is 16.5 Å². The second-order valence-electron chi connectivity index (χ2n) is 7.86.